The summed E-state index contributed by atoms with van der Waals surface area (Å²) in [5.74, 6) is -0.668. The number of nitrogens with zero attached hydrogens (tertiary/aromatic N) is 2. The molecule has 4 rings (SSSR count). The van der Waals surface area contributed by atoms with Crippen molar-refractivity contribution in [1.82, 2.24) is 9.36 Å². The number of nitrogens with one attached hydrogen (secondary N) is 1. The molecule has 0 bridgehead atoms. The SMILES string of the molecule is CSc1ccc(NC(=O)c2cn(Cc3cccc(C(F)(F)F)c3)n(-c3ccc(Cl)cc3Cl)c2=O)cc1. The number of anilines is 1. The number of carbonyl (C=O) groups excluding carboxylic acids is 1. The Hall–Kier alpha value is -3.14. The number of aromatic nitrogens is 2. The van der Waals surface area contributed by atoms with Crippen LogP contribution in [0.4, 0.5) is 18.9 Å². The molecule has 1 heterocycles. The van der Waals surface area contributed by atoms with Gasteiger partial charge in [0.2, 0.25) is 0 Å². The molecule has 0 aliphatic heterocycles. The number of halogens is 5. The molecule has 5 nitrogen and oxygen atoms in total. The third kappa shape index (κ3) is 5.64. The van der Waals surface area contributed by atoms with E-state index in [1.807, 2.05) is 18.4 Å². The highest BCUT2D eigenvalue weighted by Gasteiger charge is 2.30. The van der Waals surface area contributed by atoms with Crippen molar-refractivity contribution in [2.24, 2.45) is 0 Å². The summed E-state index contributed by atoms with van der Waals surface area (Å²) in [6.45, 7) is -0.131. The summed E-state index contributed by atoms with van der Waals surface area (Å²) in [6, 6.07) is 16.2. The first-order valence-corrected chi connectivity index (χ1v) is 12.4. The summed E-state index contributed by atoms with van der Waals surface area (Å²) in [5, 5.41) is 3.15. The Labute approximate surface area is 218 Å². The smallest absolute Gasteiger partial charge is 0.322 e. The molecule has 1 aromatic heterocycles. The van der Waals surface area contributed by atoms with Crippen LogP contribution < -0.4 is 10.9 Å². The largest absolute Gasteiger partial charge is 0.416 e. The minimum atomic E-state index is -4.53. The highest BCUT2D eigenvalue weighted by Crippen LogP contribution is 2.30. The van der Waals surface area contributed by atoms with Crippen molar-refractivity contribution in [3.63, 3.8) is 0 Å². The second kappa shape index (κ2) is 10.5. The van der Waals surface area contributed by atoms with E-state index in [9.17, 15) is 22.8 Å². The zero-order chi connectivity index (χ0) is 26.0. The quantitative estimate of drug-likeness (QED) is 0.263. The average Bonchev–Trinajstić information content (AvgIpc) is 3.15. The topological polar surface area (TPSA) is 56.0 Å². The van der Waals surface area contributed by atoms with E-state index in [0.29, 0.717) is 10.7 Å². The lowest BCUT2D eigenvalue weighted by atomic mass is 10.1. The molecule has 186 valence electrons. The van der Waals surface area contributed by atoms with Gasteiger partial charge in [0.15, 0.2) is 0 Å². The number of benzene rings is 3. The molecule has 0 radical (unpaired) electrons. The fourth-order valence-electron chi connectivity index (χ4n) is 3.57. The third-order valence-corrected chi connectivity index (χ3v) is 6.57. The minimum absolute atomic E-state index is 0.131. The molecule has 11 heteroatoms. The molecule has 1 amide bonds. The summed E-state index contributed by atoms with van der Waals surface area (Å²) in [4.78, 5) is 27.4. The van der Waals surface area contributed by atoms with Crippen LogP contribution in [-0.2, 0) is 12.7 Å². The minimum Gasteiger partial charge on any atom is -0.322 e. The van der Waals surface area contributed by atoms with Gasteiger partial charge < -0.3 is 5.32 Å². The predicted molar refractivity (Wildman–Crippen MR) is 137 cm³/mol. The van der Waals surface area contributed by atoms with Crippen LogP contribution in [0.25, 0.3) is 5.69 Å². The van der Waals surface area contributed by atoms with E-state index in [4.69, 9.17) is 23.2 Å². The van der Waals surface area contributed by atoms with E-state index in [1.54, 1.807) is 23.9 Å². The summed E-state index contributed by atoms with van der Waals surface area (Å²) >= 11 is 13.9. The Morgan fingerprint density at radius 2 is 1.75 bits per heavy atom. The number of hydrogen-bond acceptors (Lipinski definition) is 3. The van der Waals surface area contributed by atoms with Crippen LogP contribution in [0.2, 0.25) is 10.0 Å². The van der Waals surface area contributed by atoms with E-state index >= 15 is 0 Å². The average molecular weight is 552 g/mol. The number of alkyl halides is 3. The first-order valence-electron chi connectivity index (χ1n) is 10.5. The zero-order valence-electron chi connectivity index (χ0n) is 18.6. The van der Waals surface area contributed by atoms with E-state index in [2.05, 4.69) is 5.32 Å². The van der Waals surface area contributed by atoms with Crippen molar-refractivity contribution < 1.29 is 18.0 Å². The van der Waals surface area contributed by atoms with Crippen LogP contribution in [0.15, 0.2) is 82.6 Å². The van der Waals surface area contributed by atoms with E-state index in [0.717, 1.165) is 21.7 Å². The van der Waals surface area contributed by atoms with Gasteiger partial charge in [-0.15, -0.1) is 11.8 Å². The van der Waals surface area contributed by atoms with Crippen LogP contribution in [0.1, 0.15) is 21.5 Å². The van der Waals surface area contributed by atoms with Crippen LogP contribution in [0.5, 0.6) is 0 Å². The number of rotatable bonds is 6. The van der Waals surface area contributed by atoms with Gasteiger partial charge in [0, 0.05) is 21.8 Å². The van der Waals surface area contributed by atoms with Crippen LogP contribution in [0, 0.1) is 0 Å². The Kier molecular flexibility index (Phi) is 7.54. The standard InChI is InChI=1S/C25H18Cl2F3N3O2S/c1-36-19-8-6-18(7-9-19)31-23(34)20-14-32(13-15-3-2-4-16(11-15)25(28,29)30)33(24(20)35)22-10-5-17(26)12-21(22)27/h2-12,14H,13H2,1H3,(H,31,34). The van der Waals surface area contributed by atoms with Gasteiger partial charge in [-0.2, -0.15) is 13.2 Å². The fraction of sp³-hybridized carbons (Fsp3) is 0.120. The van der Waals surface area contributed by atoms with Crippen molar-refractivity contribution in [3.8, 4) is 5.69 Å². The van der Waals surface area contributed by atoms with Crippen LogP contribution in [0.3, 0.4) is 0 Å². The molecule has 1 N–H and O–H groups in total. The van der Waals surface area contributed by atoms with Crippen LogP contribution >= 0.6 is 35.0 Å². The maximum absolute atomic E-state index is 13.4. The van der Waals surface area contributed by atoms with Crippen molar-refractivity contribution in [2.75, 3.05) is 11.6 Å². The molecular formula is C25H18Cl2F3N3O2S. The van der Waals surface area contributed by atoms with E-state index in [1.165, 1.54) is 41.2 Å². The van der Waals surface area contributed by atoms with Gasteiger partial charge in [-0.3, -0.25) is 14.3 Å². The Morgan fingerprint density at radius 1 is 1.03 bits per heavy atom. The summed E-state index contributed by atoms with van der Waals surface area (Å²) < 4.78 is 42.2. The number of carbonyl (C=O) groups is 1. The molecule has 0 unspecified atom stereocenters. The molecule has 4 aromatic rings. The van der Waals surface area contributed by atoms with Gasteiger partial charge in [-0.1, -0.05) is 35.3 Å². The molecule has 0 fully saturated rings. The van der Waals surface area contributed by atoms with Crippen molar-refractivity contribution in [2.45, 2.75) is 17.6 Å². The monoisotopic (exact) mass is 551 g/mol. The second-order valence-corrected chi connectivity index (χ2v) is 9.46. The second-order valence-electron chi connectivity index (χ2n) is 7.73. The van der Waals surface area contributed by atoms with E-state index < -0.39 is 23.2 Å². The van der Waals surface area contributed by atoms with Gasteiger partial charge in [0.05, 0.1) is 22.8 Å². The summed E-state index contributed by atoms with van der Waals surface area (Å²) in [7, 11) is 0. The Balaban J connectivity index is 1.77. The van der Waals surface area contributed by atoms with Crippen molar-refractivity contribution in [1.29, 1.82) is 0 Å². The summed E-state index contributed by atoms with van der Waals surface area (Å²) in [5.41, 5.74) is -0.734. The number of amides is 1. The number of hydrogen-bond donors (Lipinski definition) is 1. The molecule has 36 heavy (non-hydrogen) atoms. The van der Waals surface area contributed by atoms with Crippen molar-refractivity contribution >= 4 is 46.6 Å². The first-order chi connectivity index (χ1) is 17.1. The summed E-state index contributed by atoms with van der Waals surface area (Å²) in [6.07, 6.45) is -1.31. The molecule has 0 aliphatic carbocycles. The van der Waals surface area contributed by atoms with Gasteiger partial charge in [0.1, 0.15) is 5.56 Å². The predicted octanol–water partition coefficient (Wildman–Crippen LogP) is 6.99. The molecule has 0 atom stereocenters. The van der Waals surface area contributed by atoms with Gasteiger partial charge in [0.25, 0.3) is 11.5 Å². The Bertz CT molecular complexity index is 1480. The first kappa shape index (κ1) is 25.9. The lowest BCUT2D eigenvalue weighted by Gasteiger charge is -2.14. The van der Waals surface area contributed by atoms with Crippen molar-refractivity contribution in [3.05, 3.63) is 110 Å². The normalized spacial score (nSPS) is 11.5. The lowest BCUT2D eigenvalue weighted by molar-refractivity contribution is -0.137. The van der Waals surface area contributed by atoms with Gasteiger partial charge in [-0.25, -0.2) is 4.68 Å². The maximum atomic E-state index is 13.4. The van der Waals surface area contributed by atoms with E-state index in [-0.39, 0.29) is 28.4 Å². The zero-order valence-corrected chi connectivity index (χ0v) is 21.0. The van der Waals surface area contributed by atoms with Gasteiger partial charge >= 0.3 is 6.18 Å². The third-order valence-electron chi connectivity index (χ3n) is 5.29. The van der Waals surface area contributed by atoms with Gasteiger partial charge in [-0.05, 0) is 66.4 Å². The highest BCUT2D eigenvalue weighted by atomic mass is 35.5. The van der Waals surface area contributed by atoms with Crippen LogP contribution in [-0.4, -0.2) is 21.5 Å². The fourth-order valence-corrected chi connectivity index (χ4v) is 4.47. The molecule has 0 spiro atoms. The molecule has 0 saturated heterocycles. The maximum Gasteiger partial charge on any atom is 0.416 e. The Morgan fingerprint density at radius 3 is 2.39 bits per heavy atom. The molecule has 0 aliphatic rings. The lowest BCUT2D eigenvalue weighted by Crippen LogP contribution is -2.26. The molecule has 3 aromatic carbocycles. The highest BCUT2D eigenvalue weighted by molar-refractivity contribution is 7.98. The molecular weight excluding hydrogens is 534 g/mol. The number of thioether (sulfide) groups is 1. The molecule has 0 saturated carbocycles.